The summed E-state index contributed by atoms with van der Waals surface area (Å²) in [7, 11) is 0. The lowest BCUT2D eigenvalue weighted by molar-refractivity contribution is 0.310. The number of benzene rings is 2. The number of ether oxygens (including phenoxy) is 1. The molecule has 0 bridgehead atoms. The van der Waals surface area contributed by atoms with Crippen molar-refractivity contribution >= 4 is 10.9 Å². The second kappa shape index (κ2) is 4.76. The molecule has 96 valence electrons. The molecule has 1 heterocycles. The molecule has 0 aliphatic rings. The van der Waals surface area contributed by atoms with E-state index in [1.54, 1.807) is 12.1 Å². The molecule has 0 aliphatic carbocycles. The summed E-state index contributed by atoms with van der Waals surface area (Å²) in [6.45, 7) is 2.45. The van der Waals surface area contributed by atoms with Crippen LogP contribution in [0.25, 0.3) is 10.9 Å². The van der Waals surface area contributed by atoms with E-state index in [1.807, 2.05) is 25.1 Å². The number of aromatic amines is 1. The van der Waals surface area contributed by atoms with Gasteiger partial charge in [0.2, 0.25) is 0 Å². The topological polar surface area (TPSA) is 25.0 Å². The summed E-state index contributed by atoms with van der Waals surface area (Å²) in [6, 6.07) is 14.3. The summed E-state index contributed by atoms with van der Waals surface area (Å²) < 4.78 is 18.6. The van der Waals surface area contributed by atoms with E-state index in [0.717, 1.165) is 27.9 Å². The Morgan fingerprint density at radius 2 is 1.89 bits per heavy atom. The number of halogens is 1. The Morgan fingerprint density at radius 3 is 2.68 bits per heavy atom. The van der Waals surface area contributed by atoms with Gasteiger partial charge in [0.25, 0.3) is 0 Å². The largest absolute Gasteiger partial charge is 0.488 e. The Balaban J connectivity index is 1.83. The van der Waals surface area contributed by atoms with Crippen LogP contribution in [0.3, 0.4) is 0 Å². The fourth-order valence-corrected chi connectivity index (χ4v) is 2.13. The van der Waals surface area contributed by atoms with Crippen LogP contribution < -0.4 is 4.74 Å². The van der Waals surface area contributed by atoms with Crippen molar-refractivity contribution in [1.82, 2.24) is 4.98 Å². The molecular formula is C16H14FNO. The Morgan fingerprint density at radius 1 is 1.11 bits per heavy atom. The quantitative estimate of drug-likeness (QED) is 0.745. The molecule has 0 saturated carbocycles. The second-order valence-electron chi connectivity index (χ2n) is 4.58. The van der Waals surface area contributed by atoms with Crippen LogP contribution in [0, 0.1) is 12.7 Å². The third kappa shape index (κ3) is 2.45. The van der Waals surface area contributed by atoms with Gasteiger partial charge in [-0.25, -0.2) is 4.39 Å². The fraction of sp³-hybridized carbons (Fsp3) is 0.125. The number of H-pyrrole nitrogens is 1. The highest BCUT2D eigenvalue weighted by Crippen LogP contribution is 2.26. The predicted molar refractivity (Wildman–Crippen MR) is 73.8 cm³/mol. The highest BCUT2D eigenvalue weighted by molar-refractivity contribution is 5.86. The van der Waals surface area contributed by atoms with Gasteiger partial charge >= 0.3 is 0 Å². The first kappa shape index (κ1) is 11.8. The summed E-state index contributed by atoms with van der Waals surface area (Å²) in [4.78, 5) is 3.27. The lowest BCUT2D eigenvalue weighted by Crippen LogP contribution is -1.95. The van der Waals surface area contributed by atoms with Crippen LogP contribution in [0.2, 0.25) is 0 Å². The molecule has 2 nitrogen and oxygen atoms in total. The van der Waals surface area contributed by atoms with Gasteiger partial charge in [0, 0.05) is 16.6 Å². The fourth-order valence-electron chi connectivity index (χ4n) is 2.13. The Bertz CT molecular complexity index is 700. The number of nitrogens with one attached hydrogen (secondary N) is 1. The molecule has 0 amide bonds. The highest BCUT2D eigenvalue weighted by atomic mass is 19.1. The van der Waals surface area contributed by atoms with Crippen LogP contribution in [-0.4, -0.2) is 4.98 Å². The molecule has 0 atom stereocenters. The van der Waals surface area contributed by atoms with Crippen molar-refractivity contribution in [1.29, 1.82) is 0 Å². The van der Waals surface area contributed by atoms with E-state index in [-0.39, 0.29) is 5.82 Å². The first-order valence-corrected chi connectivity index (χ1v) is 6.18. The SMILES string of the molecule is Cc1cc2c(OCc3ccc(F)cc3)cccc2[nH]1. The van der Waals surface area contributed by atoms with Crippen LogP contribution >= 0.6 is 0 Å². The lowest BCUT2D eigenvalue weighted by atomic mass is 10.2. The summed E-state index contributed by atoms with van der Waals surface area (Å²) in [5, 5.41) is 1.07. The smallest absolute Gasteiger partial charge is 0.129 e. The third-order valence-corrected chi connectivity index (χ3v) is 3.07. The van der Waals surface area contributed by atoms with E-state index in [2.05, 4.69) is 11.1 Å². The molecule has 3 heteroatoms. The maximum absolute atomic E-state index is 12.8. The molecule has 0 saturated heterocycles. The lowest BCUT2D eigenvalue weighted by Gasteiger charge is -2.07. The van der Waals surface area contributed by atoms with Gasteiger partial charge in [0.1, 0.15) is 18.2 Å². The van der Waals surface area contributed by atoms with Crippen molar-refractivity contribution in [3.8, 4) is 5.75 Å². The van der Waals surface area contributed by atoms with Gasteiger partial charge in [-0.3, -0.25) is 0 Å². The molecule has 0 aliphatic heterocycles. The van der Waals surface area contributed by atoms with E-state index in [1.165, 1.54) is 12.1 Å². The highest BCUT2D eigenvalue weighted by Gasteiger charge is 2.04. The summed E-state index contributed by atoms with van der Waals surface area (Å²) >= 11 is 0. The number of hydrogen-bond donors (Lipinski definition) is 1. The summed E-state index contributed by atoms with van der Waals surface area (Å²) in [5.74, 6) is 0.610. The molecule has 0 unspecified atom stereocenters. The molecular weight excluding hydrogens is 241 g/mol. The molecule has 3 rings (SSSR count). The van der Waals surface area contributed by atoms with E-state index in [9.17, 15) is 4.39 Å². The van der Waals surface area contributed by atoms with Gasteiger partial charge < -0.3 is 9.72 Å². The minimum Gasteiger partial charge on any atom is -0.488 e. The van der Waals surface area contributed by atoms with Crippen LogP contribution in [0.4, 0.5) is 4.39 Å². The second-order valence-corrected chi connectivity index (χ2v) is 4.58. The number of rotatable bonds is 3. The predicted octanol–water partition coefficient (Wildman–Crippen LogP) is 4.19. The third-order valence-electron chi connectivity index (χ3n) is 3.07. The van der Waals surface area contributed by atoms with Crippen molar-refractivity contribution in [2.24, 2.45) is 0 Å². The van der Waals surface area contributed by atoms with Crippen LogP contribution in [0.1, 0.15) is 11.3 Å². The molecule has 3 aromatic rings. The minimum atomic E-state index is -0.230. The van der Waals surface area contributed by atoms with Crippen molar-refractivity contribution in [2.45, 2.75) is 13.5 Å². The van der Waals surface area contributed by atoms with Gasteiger partial charge in [-0.05, 0) is 42.8 Å². The average molecular weight is 255 g/mol. The monoisotopic (exact) mass is 255 g/mol. The number of hydrogen-bond acceptors (Lipinski definition) is 1. The first-order chi connectivity index (χ1) is 9.22. The Labute approximate surface area is 110 Å². The van der Waals surface area contributed by atoms with Crippen LogP contribution in [0.15, 0.2) is 48.5 Å². The van der Waals surface area contributed by atoms with Crippen molar-refractivity contribution in [2.75, 3.05) is 0 Å². The zero-order chi connectivity index (χ0) is 13.2. The van der Waals surface area contributed by atoms with Gasteiger partial charge in [0.15, 0.2) is 0 Å². The van der Waals surface area contributed by atoms with Gasteiger partial charge in [0.05, 0.1) is 0 Å². The normalized spacial score (nSPS) is 10.8. The molecule has 2 aromatic carbocycles. The number of fused-ring (bicyclic) bond motifs is 1. The van der Waals surface area contributed by atoms with Crippen molar-refractivity contribution < 1.29 is 9.13 Å². The molecule has 1 aromatic heterocycles. The van der Waals surface area contributed by atoms with E-state index in [0.29, 0.717) is 6.61 Å². The standard InChI is InChI=1S/C16H14FNO/c1-11-9-14-15(18-11)3-2-4-16(14)19-10-12-5-7-13(17)8-6-12/h2-9,18H,10H2,1H3. The van der Waals surface area contributed by atoms with E-state index >= 15 is 0 Å². The molecule has 0 radical (unpaired) electrons. The zero-order valence-corrected chi connectivity index (χ0v) is 10.6. The Kier molecular flexibility index (Phi) is 2.95. The van der Waals surface area contributed by atoms with Crippen LogP contribution in [0.5, 0.6) is 5.75 Å². The zero-order valence-electron chi connectivity index (χ0n) is 10.6. The van der Waals surface area contributed by atoms with E-state index in [4.69, 9.17) is 4.74 Å². The van der Waals surface area contributed by atoms with Crippen molar-refractivity contribution in [3.63, 3.8) is 0 Å². The molecule has 1 N–H and O–H groups in total. The summed E-state index contributed by atoms with van der Waals surface area (Å²) in [6.07, 6.45) is 0. The van der Waals surface area contributed by atoms with Crippen molar-refractivity contribution in [3.05, 3.63) is 65.6 Å². The number of aryl methyl sites for hydroxylation is 1. The molecule has 0 fully saturated rings. The van der Waals surface area contributed by atoms with Gasteiger partial charge in [-0.2, -0.15) is 0 Å². The first-order valence-electron chi connectivity index (χ1n) is 6.18. The number of aromatic nitrogens is 1. The minimum absolute atomic E-state index is 0.230. The maximum Gasteiger partial charge on any atom is 0.129 e. The average Bonchev–Trinajstić information content (AvgIpc) is 2.79. The molecule has 19 heavy (non-hydrogen) atoms. The Hall–Kier alpha value is -2.29. The maximum atomic E-state index is 12.8. The molecule has 0 spiro atoms. The van der Waals surface area contributed by atoms with Crippen LogP contribution in [-0.2, 0) is 6.61 Å². The van der Waals surface area contributed by atoms with E-state index < -0.39 is 0 Å². The summed E-state index contributed by atoms with van der Waals surface area (Å²) in [5.41, 5.74) is 3.12. The van der Waals surface area contributed by atoms with Gasteiger partial charge in [-0.1, -0.05) is 18.2 Å². The van der Waals surface area contributed by atoms with Gasteiger partial charge in [-0.15, -0.1) is 0 Å².